The van der Waals surface area contributed by atoms with Crippen molar-refractivity contribution >= 4 is 5.97 Å². The highest BCUT2D eigenvalue weighted by atomic mass is 16.5. The SMILES string of the molecule is C=CCn1c(COC(=O)C(=C)C)nc(-c2ccccc2)c1Cc1ccccc1. The number of imidazole rings is 1. The van der Waals surface area contributed by atoms with Crippen LogP contribution in [-0.4, -0.2) is 15.5 Å². The van der Waals surface area contributed by atoms with E-state index in [1.54, 1.807) is 6.92 Å². The molecular formula is C24H24N2O2. The summed E-state index contributed by atoms with van der Waals surface area (Å²) in [5, 5.41) is 0. The molecule has 3 aromatic rings. The topological polar surface area (TPSA) is 44.1 Å². The minimum atomic E-state index is -0.418. The van der Waals surface area contributed by atoms with Crippen LogP contribution in [0.1, 0.15) is 24.0 Å². The molecule has 0 aliphatic rings. The Morgan fingerprint density at radius 3 is 2.36 bits per heavy atom. The zero-order valence-corrected chi connectivity index (χ0v) is 16.1. The molecule has 28 heavy (non-hydrogen) atoms. The van der Waals surface area contributed by atoms with Crippen LogP contribution in [0.4, 0.5) is 0 Å². The van der Waals surface area contributed by atoms with Crippen molar-refractivity contribution in [1.29, 1.82) is 0 Å². The lowest BCUT2D eigenvalue weighted by atomic mass is 10.0. The minimum Gasteiger partial charge on any atom is -0.454 e. The molecule has 3 rings (SSSR count). The highest BCUT2D eigenvalue weighted by Crippen LogP contribution is 2.27. The molecule has 0 saturated heterocycles. The van der Waals surface area contributed by atoms with Crippen LogP contribution in [0.2, 0.25) is 0 Å². The van der Waals surface area contributed by atoms with Crippen LogP contribution in [0.15, 0.2) is 85.5 Å². The first-order chi connectivity index (χ1) is 13.6. The van der Waals surface area contributed by atoms with Crippen molar-refractivity contribution in [2.45, 2.75) is 26.5 Å². The first-order valence-corrected chi connectivity index (χ1v) is 9.21. The number of benzene rings is 2. The molecule has 142 valence electrons. The Labute approximate surface area is 165 Å². The van der Waals surface area contributed by atoms with Gasteiger partial charge in [-0.15, -0.1) is 6.58 Å². The number of nitrogens with zero attached hydrogens (tertiary/aromatic N) is 2. The van der Waals surface area contributed by atoms with Gasteiger partial charge in [0, 0.05) is 24.1 Å². The average Bonchev–Trinajstić information content (AvgIpc) is 3.05. The van der Waals surface area contributed by atoms with Crippen molar-refractivity contribution in [3.63, 3.8) is 0 Å². The van der Waals surface area contributed by atoms with E-state index < -0.39 is 5.97 Å². The van der Waals surface area contributed by atoms with Gasteiger partial charge < -0.3 is 9.30 Å². The van der Waals surface area contributed by atoms with Crippen molar-refractivity contribution in [2.24, 2.45) is 0 Å². The van der Waals surface area contributed by atoms with Crippen LogP contribution in [0.25, 0.3) is 11.3 Å². The largest absolute Gasteiger partial charge is 0.454 e. The molecule has 0 fully saturated rings. The Balaban J connectivity index is 2.05. The number of carbonyl (C=O) groups excluding carboxylic acids is 1. The van der Waals surface area contributed by atoms with E-state index in [4.69, 9.17) is 9.72 Å². The molecule has 0 saturated carbocycles. The number of ether oxygens (including phenoxy) is 1. The number of esters is 1. The van der Waals surface area contributed by atoms with Gasteiger partial charge in [0.1, 0.15) is 12.4 Å². The van der Waals surface area contributed by atoms with Gasteiger partial charge in [-0.2, -0.15) is 0 Å². The molecule has 0 amide bonds. The molecule has 0 aliphatic heterocycles. The first kappa shape index (κ1) is 19.4. The second kappa shape index (κ2) is 9.00. The minimum absolute atomic E-state index is 0.0914. The monoisotopic (exact) mass is 372 g/mol. The van der Waals surface area contributed by atoms with Crippen molar-refractivity contribution < 1.29 is 9.53 Å². The molecule has 0 bridgehead atoms. The summed E-state index contributed by atoms with van der Waals surface area (Å²) in [5.74, 6) is 0.276. The van der Waals surface area contributed by atoms with Gasteiger partial charge in [-0.25, -0.2) is 9.78 Å². The Morgan fingerprint density at radius 1 is 1.11 bits per heavy atom. The van der Waals surface area contributed by atoms with E-state index >= 15 is 0 Å². The van der Waals surface area contributed by atoms with Crippen LogP contribution in [0.3, 0.4) is 0 Å². The van der Waals surface area contributed by atoms with Gasteiger partial charge in [-0.05, 0) is 12.5 Å². The van der Waals surface area contributed by atoms with Crippen LogP contribution >= 0.6 is 0 Å². The van der Waals surface area contributed by atoms with Gasteiger partial charge in [0.15, 0.2) is 0 Å². The van der Waals surface area contributed by atoms with Gasteiger partial charge in [-0.3, -0.25) is 0 Å². The predicted octanol–water partition coefficient (Wildman–Crippen LogP) is 4.95. The summed E-state index contributed by atoms with van der Waals surface area (Å²) < 4.78 is 7.45. The van der Waals surface area contributed by atoms with E-state index in [9.17, 15) is 4.79 Å². The van der Waals surface area contributed by atoms with Gasteiger partial charge >= 0.3 is 5.97 Å². The molecule has 2 aromatic carbocycles. The predicted molar refractivity (Wildman–Crippen MR) is 112 cm³/mol. The van der Waals surface area contributed by atoms with E-state index in [1.165, 1.54) is 5.56 Å². The summed E-state index contributed by atoms with van der Waals surface area (Å²) in [6.45, 7) is 9.82. The lowest BCUT2D eigenvalue weighted by Gasteiger charge is -2.11. The fourth-order valence-corrected chi connectivity index (χ4v) is 3.04. The molecule has 0 unspecified atom stereocenters. The summed E-state index contributed by atoms with van der Waals surface area (Å²) in [5.41, 5.74) is 4.56. The second-order valence-electron chi connectivity index (χ2n) is 6.61. The quantitative estimate of drug-likeness (QED) is 0.319. The number of allylic oxidation sites excluding steroid dienone is 1. The van der Waals surface area contributed by atoms with Gasteiger partial charge in [0.25, 0.3) is 0 Å². The average molecular weight is 372 g/mol. The van der Waals surface area contributed by atoms with Crippen LogP contribution in [-0.2, 0) is 29.1 Å². The molecule has 4 heteroatoms. The van der Waals surface area contributed by atoms with Gasteiger partial charge in [0.05, 0.1) is 11.4 Å². The summed E-state index contributed by atoms with van der Waals surface area (Å²) >= 11 is 0. The van der Waals surface area contributed by atoms with Crippen molar-refractivity contribution in [1.82, 2.24) is 9.55 Å². The highest BCUT2D eigenvalue weighted by Gasteiger charge is 2.19. The zero-order chi connectivity index (χ0) is 19.9. The molecule has 4 nitrogen and oxygen atoms in total. The lowest BCUT2D eigenvalue weighted by molar-refractivity contribution is -0.140. The third-order valence-electron chi connectivity index (χ3n) is 4.41. The van der Waals surface area contributed by atoms with Crippen LogP contribution in [0.5, 0.6) is 0 Å². The van der Waals surface area contributed by atoms with Gasteiger partial charge in [-0.1, -0.05) is 73.3 Å². The Morgan fingerprint density at radius 2 is 1.75 bits per heavy atom. The maximum atomic E-state index is 11.9. The number of hydrogen-bond acceptors (Lipinski definition) is 3. The molecule has 1 heterocycles. The van der Waals surface area contributed by atoms with Crippen molar-refractivity contribution in [3.8, 4) is 11.3 Å². The number of hydrogen-bond donors (Lipinski definition) is 0. The molecule has 0 spiro atoms. The summed E-state index contributed by atoms with van der Waals surface area (Å²) in [6, 6.07) is 20.3. The van der Waals surface area contributed by atoms with Crippen molar-refractivity contribution in [3.05, 3.63) is 103 Å². The zero-order valence-electron chi connectivity index (χ0n) is 16.1. The van der Waals surface area contributed by atoms with Crippen LogP contribution < -0.4 is 0 Å². The molecule has 1 aromatic heterocycles. The lowest BCUT2D eigenvalue weighted by Crippen LogP contribution is -2.11. The highest BCUT2D eigenvalue weighted by molar-refractivity contribution is 5.86. The number of aromatic nitrogens is 2. The fourth-order valence-electron chi connectivity index (χ4n) is 3.04. The number of carbonyl (C=O) groups is 1. The third-order valence-corrected chi connectivity index (χ3v) is 4.41. The molecule has 0 radical (unpaired) electrons. The van der Waals surface area contributed by atoms with Crippen LogP contribution in [0, 0.1) is 0 Å². The normalized spacial score (nSPS) is 10.5. The van der Waals surface area contributed by atoms with Gasteiger partial charge in [0.2, 0.25) is 0 Å². The second-order valence-corrected chi connectivity index (χ2v) is 6.61. The third kappa shape index (κ3) is 4.46. The Hall–Kier alpha value is -3.40. The fraction of sp³-hybridized carbons (Fsp3) is 0.167. The maximum absolute atomic E-state index is 11.9. The first-order valence-electron chi connectivity index (χ1n) is 9.21. The van der Waals surface area contributed by atoms with Crippen molar-refractivity contribution in [2.75, 3.05) is 0 Å². The molecule has 0 N–H and O–H groups in total. The van der Waals surface area contributed by atoms with E-state index in [-0.39, 0.29) is 6.61 Å². The smallest absolute Gasteiger partial charge is 0.333 e. The van der Waals surface area contributed by atoms with E-state index in [0.29, 0.717) is 17.9 Å². The number of rotatable bonds is 8. The summed E-state index contributed by atoms with van der Waals surface area (Å²) in [6.07, 6.45) is 2.55. The van der Waals surface area contributed by atoms with E-state index in [1.807, 2.05) is 54.6 Å². The Kier molecular flexibility index (Phi) is 6.22. The summed E-state index contributed by atoms with van der Waals surface area (Å²) in [7, 11) is 0. The van der Waals surface area contributed by atoms with E-state index in [2.05, 4.69) is 29.9 Å². The Bertz CT molecular complexity index is 973. The van der Waals surface area contributed by atoms with E-state index in [0.717, 1.165) is 23.4 Å². The maximum Gasteiger partial charge on any atom is 0.333 e. The standard InChI is InChI=1S/C24H24N2O2/c1-4-15-26-21(16-19-11-7-5-8-12-19)23(20-13-9-6-10-14-20)25-22(26)17-28-24(27)18(2)3/h4-14H,1-2,15-17H2,3H3. The molecular weight excluding hydrogens is 348 g/mol. The molecule has 0 atom stereocenters. The molecule has 0 aliphatic carbocycles. The summed E-state index contributed by atoms with van der Waals surface area (Å²) in [4.78, 5) is 16.7.